The molecular formula is C45H69NO3. The molecule has 0 unspecified atom stereocenters. The van der Waals surface area contributed by atoms with Gasteiger partial charge in [-0.3, -0.25) is 0 Å². The van der Waals surface area contributed by atoms with Crippen molar-refractivity contribution in [1.29, 1.82) is 0 Å². The molecule has 3 N–H and O–H groups in total. The molecule has 4 heteroatoms. The molecule has 1 atom stereocenters. The molecule has 0 amide bonds. The second kappa shape index (κ2) is 19.5. The van der Waals surface area contributed by atoms with Crippen LogP contribution in [-0.4, -0.2) is 24.4 Å². The molecule has 3 rings (SSSR count). The predicted molar refractivity (Wildman–Crippen MR) is 209 cm³/mol. The van der Waals surface area contributed by atoms with Gasteiger partial charge in [-0.2, -0.15) is 0 Å². The van der Waals surface area contributed by atoms with Gasteiger partial charge < -0.3 is 20.3 Å². The molecule has 0 aromatic heterocycles. The van der Waals surface area contributed by atoms with E-state index < -0.39 is 11.6 Å². The van der Waals surface area contributed by atoms with E-state index in [1.54, 1.807) is 0 Å². The Morgan fingerprint density at radius 3 is 1.39 bits per heavy atom. The highest BCUT2D eigenvalue weighted by molar-refractivity contribution is 5.55. The average Bonchev–Trinajstić information content (AvgIpc) is 3.06. The summed E-state index contributed by atoms with van der Waals surface area (Å²) >= 11 is 0. The van der Waals surface area contributed by atoms with Crippen molar-refractivity contribution in [3.05, 3.63) is 94.5 Å². The number of ether oxygens (including phenoxy) is 2. The van der Waals surface area contributed by atoms with Crippen LogP contribution in [0.1, 0.15) is 160 Å². The largest absolute Gasteiger partial charge is 0.493 e. The van der Waals surface area contributed by atoms with Gasteiger partial charge in [0.15, 0.2) is 0 Å². The van der Waals surface area contributed by atoms with E-state index in [0.29, 0.717) is 42.3 Å². The van der Waals surface area contributed by atoms with E-state index in [1.165, 1.54) is 51.4 Å². The number of unbranched alkanes of at least 4 members (excludes halogenated alkanes) is 10. The molecular weight excluding hydrogens is 602 g/mol. The Hall–Kier alpha value is -2.82. The van der Waals surface area contributed by atoms with Crippen LogP contribution in [0.2, 0.25) is 0 Å². The first-order chi connectivity index (χ1) is 23.3. The molecule has 49 heavy (non-hydrogen) atoms. The van der Waals surface area contributed by atoms with E-state index in [-0.39, 0.29) is 10.8 Å². The number of benzene rings is 3. The Labute approximate surface area is 300 Å². The predicted octanol–water partition coefficient (Wildman–Crippen LogP) is 11.6. The van der Waals surface area contributed by atoms with Crippen LogP contribution in [0.4, 0.5) is 0 Å². The van der Waals surface area contributed by atoms with Crippen molar-refractivity contribution < 1.29 is 14.6 Å². The molecule has 0 saturated carbocycles. The van der Waals surface area contributed by atoms with E-state index in [2.05, 4.69) is 104 Å². The second-order valence-electron chi connectivity index (χ2n) is 16.2. The zero-order chi connectivity index (χ0) is 35.9. The minimum atomic E-state index is -1.59. The number of hydrogen-bond donors (Lipinski definition) is 2. The van der Waals surface area contributed by atoms with Gasteiger partial charge in [-0.05, 0) is 71.0 Å². The van der Waals surface area contributed by atoms with Crippen LogP contribution in [0, 0.1) is 0 Å². The third-order valence-corrected chi connectivity index (χ3v) is 9.86. The highest BCUT2D eigenvalue weighted by atomic mass is 16.5. The summed E-state index contributed by atoms with van der Waals surface area (Å²) in [4.78, 5) is 0. The number of hydrogen-bond acceptors (Lipinski definition) is 4. The van der Waals surface area contributed by atoms with E-state index >= 15 is 0 Å². The Bertz CT molecular complexity index is 1290. The molecule has 0 bridgehead atoms. The molecule has 0 spiro atoms. The molecule has 3 aromatic rings. The fourth-order valence-electron chi connectivity index (χ4n) is 6.53. The monoisotopic (exact) mass is 672 g/mol. The van der Waals surface area contributed by atoms with Crippen molar-refractivity contribution in [3.63, 3.8) is 0 Å². The molecule has 0 aliphatic carbocycles. The lowest BCUT2D eigenvalue weighted by atomic mass is 9.73. The van der Waals surface area contributed by atoms with Gasteiger partial charge in [0.05, 0.1) is 13.2 Å². The van der Waals surface area contributed by atoms with Crippen LogP contribution in [0.5, 0.6) is 11.5 Å². The summed E-state index contributed by atoms with van der Waals surface area (Å²) in [5.74, 6) is 1.38. The van der Waals surface area contributed by atoms with E-state index in [9.17, 15) is 5.11 Å². The third kappa shape index (κ3) is 12.2. The fourth-order valence-corrected chi connectivity index (χ4v) is 6.53. The van der Waals surface area contributed by atoms with Crippen molar-refractivity contribution >= 4 is 0 Å². The fraction of sp³-hybridized carbons (Fsp3) is 0.600. The lowest BCUT2D eigenvalue weighted by Crippen LogP contribution is -2.48. The highest BCUT2D eigenvalue weighted by Gasteiger charge is 2.44. The maximum atomic E-state index is 13.5. The van der Waals surface area contributed by atoms with Crippen LogP contribution in [-0.2, 0) is 22.9 Å². The van der Waals surface area contributed by atoms with Gasteiger partial charge in [0.2, 0.25) is 0 Å². The first-order valence-electron chi connectivity index (χ1n) is 19.4. The van der Waals surface area contributed by atoms with Crippen molar-refractivity contribution in [2.24, 2.45) is 5.73 Å². The lowest BCUT2D eigenvalue weighted by molar-refractivity contribution is 0.0449. The first kappa shape index (κ1) is 40.6. The summed E-state index contributed by atoms with van der Waals surface area (Å²) in [7, 11) is 0. The number of rotatable bonds is 21. The van der Waals surface area contributed by atoms with Gasteiger partial charge in [0, 0.05) is 17.2 Å². The zero-order valence-electron chi connectivity index (χ0n) is 32.4. The normalized spacial score (nSPS) is 13.0. The first-order valence-corrected chi connectivity index (χ1v) is 19.4. The summed E-state index contributed by atoms with van der Waals surface area (Å²) in [5, 5.41) is 13.5. The Morgan fingerprint density at radius 2 is 0.980 bits per heavy atom. The lowest BCUT2D eigenvalue weighted by Gasteiger charge is -2.39. The standard InChI is InChI=1S/C45H69NO3/c1-9-11-13-15-17-22-30-48-40-28-26-36(43(3,4)5)33-38(40)45(47,42(46)32-35-24-20-19-21-25-35)39-34-37(44(6,7)8)27-29-41(39)49-31-23-18-16-14-12-10-2/h19-21,24-29,33-34,42,47H,9-18,22-23,30-32,46H2,1-8H3/t42-/m1/s1. The number of aliphatic hydroxyl groups is 1. The maximum absolute atomic E-state index is 13.5. The summed E-state index contributed by atoms with van der Waals surface area (Å²) in [6, 6.07) is 22.3. The highest BCUT2D eigenvalue weighted by Crippen LogP contribution is 2.45. The van der Waals surface area contributed by atoms with E-state index in [1.807, 2.05) is 18.2 Å². The van der Waals surface area contributed by atoms with E-state index in [0.717, 1.165) is 42.4 Å². The topological polar surface area (TPSA) is 64.7 Å². The molecule has 0 aliphatic heterocycles. The minimum absolute atomic E-state index is 0.138. The Kier molecular flexibility index (Phi) is 16.2. The van der Waals surface area contributed by atoms with Gasteiger partial charge in [-0.25, -0.2) is 0 Å². The second-order valence-corrected chi connectivity index (χ2v) is 16.2. The third-order valence-electron chi connectivity index (χ3n) is 9.86. The van der Waals surface area contributed by atoms with E-state index in [4.69, 9.17) is 15.2 Å². The quantitative estimate of drug-likeness (QED) is 0.111. The zero-order valence-corrected chi connectivity index (χ0v) is 32.4. The van der Waals surface area contributed by atoms with Gasteiger partial charge in [-0.1, -0.05) is 162 Å². The molecule has 0 aliphatic rings. The SMILES string of the molecule is CCCCCCCCOc1ccc(C(C)(C)C)cc1C(O)(c1cc(C(C)(C)C)ccc1OCCCCCCCC)[C@H](N)Cc1ccccc1. The molecule has 3 aromatic carbocycles. The molecule has 272 valence electrons. The molecule has 0 saturated heterocycles. The van der Waals surface area contributed by atoms with Crippen LogP contribution in [0.3, 0.4) is 0 Å². The number of nitrogens with two attached hydrogens (primary N) is 1. The summed E-state index contributed by atoms with van der Waals surface area (Å²) in [5.41, 5.74) is 10.2. The Balaban J connectivity index is 2.16. The molecule has 0 radical (unpaired) electrons. The van der Waals surface area contributed by atoms with Crippen LogP contribution in [0.15, 0.2) is 66.7 Å². The molecule has 0 heterocycles. The Morgan fingerprint density at radius 1 is 0.571 bits per heavy atom. The van der Waals surface area contributed by atoms with Crippen LogP contribution >= 0.6 is 0 Å². The smallest absolute Gasteiger partial charge is 0.137 e. The van der Waals surface area contributed by atoms with Crippen molar-refractivity contribution in [3.8, 4) is 11.5 Å². The minimum Gasteiger partial charge on any atom is -0.493 e. The van der Waals surface area contributed by atoms with Gasteiger partial charge in [0.1, 0.15) is 17.1 Å². The van der Waals surface area contributed by atoms with Gasteiger partial charge in [-0.15, -0.1) is 0 Å². The molecule has 4 nitrogen and oxygen atoms in total. The van der Waals surface area contributed by atoms with Crippen molar-refractivity contribution in [2.75, 3.05) is 13.2 Å². The average molecular weight is 672 g/mol. The van der Waals surface area contributed by atoms with Crippen molar-refractivity contribution in [1.82, 2.24) is 0 Å². The van der Waals surface area contributed by atoms with Gasteiger partial charge >= 0.3 is 0 Å². The van der Waals surface area contributed by atoms with Crippen LogP contribution < -0.4 is 15.2 Å². The maximum Gasteiger partial charge on any atom is 0.137 e. The summed E-state index contributed by atoms with van der Waals surface area (Å²) in [6.07, 6.45) is 14.7. The summed E-state index contributed by atoms with van der Waals surface area (Å²) < 4.78 is 13.2. The van der Waals surface area contributed by atoms with Gasteiger partial charge in [0.25, 0.3) is 0 Å². The summed E-state index contributed by atoms with van der Waals surface area (Å²) in [6.45, 7) is 18.9. The molecule has 0 fully saturated rings. The van der Waals surface area contributed by atoms with Crippen LogP contribution in [0.25, 0.3) is 0 Å². The van der Waals surface area contributed by atoms with Crippen molar-refractivity contribution in [2.45, 2.75) is 161 Å².